The predicted molar refractivity (Wildman–Crippen MR) is 59.9 cm³/mol. The van der Waals surface area contributed by atoms with E-state index in [4.69, 9.17) is 5.73 Å². The Kier molecular flexibility index (Phi) is 3.50. The van der Waals surface area contributed by atoms with Gasteiger partial charge in [-0.2, -0.15) is 0 Å². The molecule has 0 atom stereocenters. The first-order valence-corrected chi connectivity index (χ1v) is 4.69. The molecule has 1 aliphatic carbocycles. The van der Waals surface area contributed by atoms with Gasteiger partial charge in [0, 0.05) is 11.3 Å². The fourth-order valence-corrected chi connectivity index (χ4v) is 1.57. The quantitative estimate of drug-likeness (QED) is 0.715. The molecule has 1 rings (SSSR count). The average molecular weight is 205 g/mol. The molecule has 80 valence electrons. The van der Waals surface area contributed by atoms with Crippen LogP contribution in [0, 0.1) is 0 Å². The van der Waals surface area contributed by atoms with Gasteiger partial charge in [-0.05, 0) is 30.1 Å². The van der Waals surface area contributed by atoms with Gasteiger partial charge in [-0.25, -0.2) is 4.79 Å². The minimum Gasteiger partial charge on any atom is -0.466 e. The van der Waals surface area contributed by atoms with Crippen molar-refractivity contribution in [1.82, 2.24) is 0 Å². The van der Waals surface area contributed by atoms with Crippen LogP contribution in [-0.2, 0) is 9.53 Å². The van der Waals surface area contributed by atoms with Crippen molar-refractivity contribution in [3.63, 3.8) is 0 Å². The van der Waals surface area contributed by atoms with E-state index in [9.17, 15) is 4.79 Å². The first-order valence-electron chi connectivity index (χ1n) is 4.69. The molecule has 0 radical (unpaired) electrons. The van der Waals surface area contributed by atoms with Crippen LogP contribution in [0.15, 0.2) is 47.7 Å². The molecule has 0 saturated carbocycles. The van der Waals surface area contributed by atoms with Crippen molar-refractivity contribution in [2.24, 2.45) is 5.73 Å². The monoisotopic (exact) mass is 205 g/mol. The lowest BCUT2D eigenvalue weighted by Crippen LogP contribution is -2.12. The third-order valence-electron chi connectivity index (χ3n) is 2.38. The van der Waals surface area contributed by atoms with Crippen molar-refractivity contribution in [3.8, 4) is 0 Å². The zero-order chi connectivity index (χ0) is 11.4. The summed E-state index contributed by atoms with van der Waals surface area (Å²) in [5.74, 6) is -0.295. The average Bonchev–Trinajstić information content (AvgIpc) is 2.26. The highest BCUT2D eigenvalue weighted by Crippen LogP contribution is 2.27. The van der Waals surface area contributed by atoms with Crippen LogP contribution < -0.4 is 5.73 Å². The summed E-state index contributed by atoms with van der Waals surface area (Å²) >= 11 is 0. The van der Waals surface area contributed by atoms with Crippen molar-refractivity contribution in [2.45, 2.75) is 12.8 Å². The lowest BCUT2D eigenvalue weighted by Gasteiger charge is -2.17. The van der Waals surface area contributed by atoms with Crippen LogP contribution in [0.4, 0.5) is 0 Å². The molecule has 15 heavy (non-hydrogen) atoms. The second kappa shape index (κ2) is 4.64. The number of ether oxygens (including phenoxy) is 1. The second-order valence-corrected chi connectivity index (χ2v) is 3.32. The van der Waals surface area contributed by atoms with Crippen LogP contribution in [0.2, 0.25) is 0 Å². The molecule has 0 bridgehead atoms. The van der Waals surface area contributed by atoms with Crippen molar-refractivity contribution in [3.05, 3.63) is 47.7 Å². The number of rotatable bonds is 3. The Morgan fingerprint density at radius 2 is 2.27 bits per heavy atom. The minimum atomic E-state index is -0.295. The SMILES string of the molecule is C=CC1=C(C(=C)N)CCC(C(=O)OC)=C1. The van der Waals surface area contributed by atoms with Gasteiger partial charge in [-0.15, -0.1) is 0 Å². The van der Waals surface area contributed by atoms with E-state index in [1.54, 1.807) is 12.2 Å². The number of methoxy groups -OCH3 is 1. The van der Waals surface area contributed by atoms with Crippen LogP contribution in [0.25, 0.3) is 0 Å². The molecule has 0 aliphatic heterocycles. The van der Waals surface area contributed by atoms with E-state index in [1.165, 1.54) is 7.11 Å². The number of carbonyl (C=O) groups is 1. The topological polar surface area (TPSA) is 52.3 Å². The summed E-state index contributed by atoms with van der Waals surface area (Å²) in [6, 6.07) is 0. The van der Waals surface area contributed by atoms with Gasteiger partial charge in [0.05, 0.1) is 7.11 Å². The van der Waals surface area contributed by atoms with Crippen molar-refractivity contribution < 1.29 is 9.53 Å². The highest BCUT2D eigenvalue weighted by molar-refractivity contribution is 5.89. The molecule has 0 fully saturated rings. The first kappa shape index (κ1) is 11.3. The smallest absolute Gasteiger partial charge is 0.333 e. The molecule has 0 amide bonds. The summed E-state index contributed by atoms with van der Waals surface area (Å²) in [4.78, 5) is 11.3. The highest BCUT2D eigenvalue weighted by atomic mass is 16.5. The number of hydrogen-bond donors (Lipinski definition) is 1. The highest BCUT2D eigenvalue weighted by Gasteiger charge is 2.17. The summed E-state index contributed by atoms with van der Waals surface area (Å²) in [6.07, 6.45) is 4.78. The number of hydrogen-bond acceptors (Lipinski definition) is 3. The van der Waals surface area contributed by atoms with E-state index >= 15 is 0 Å². The third-order valence-corrected chi connectivity index (χ3v) is 2.38. The predicted octanol–water partition coefficient (Wildman–Crippen LogP) is 1.83. The molecule has 0 heterocycles. The maximum Gasteiger partial charge on any atom is 0.333 e. The minimum absolute atomic E-state index is 0.295. The summed E-state index contributed by atoms with van der Waals surface area (Å²) in [5, 5.41) is 0. The number of nitrogens with two attached hydrogens (primary N) is 1. The molecule has 0 aromatic carbocycles. The van der Waals surface area contributed by atoms with Crippen LogP contribution in [0.5, 0.6) is 0 Å². The molecule has 0 saturated heterocycles. The van der Waals surface area contributed by atoms with E-state index in [1.807, 2.05) is 0 Å². The summed E-state index contributed by atoms with van der Waals surface area (Å²) in [7, 11) is 1.37. The standard InChI is InChI=1S/C12H15NO2/c1-4-9-7-10(12(14)15-3)5-6-11(9)8(2)13/h4,7H,1-2,5-6,13H2,3H3. The van der Waals surface area contributed by atoms with Gasteiger partial charge < -0.3 is 10.5 Å². The van der Waals surface area contributed by atoms with Crippen LogP contribution in [-0.4, -0.2) is 13.1 Å². The Morgan fingerprint density at radius 3 is 2.73 bits per heavy atom. The van der Waals surface area contributed by atoms with Crippen LogP contribution in [0.3, 0.4) is 0 Å². The fraction of sp³-hybridized carbons (Fsp3) is 0.250. The van der Waals surface area contributed by atoms with E-state index in [0.717, 1.165) is 11.1 Å². The molecule has 0 unspecified atom stereocenters. The van der Waals surface area contributed by atoms with Gasteiger partial charge in [0.2, 0.25) is 0 Å². The van der Waals surface area contributed by atoms with E-state index < -0.39 is 0 Å². The van der Waals surface area contributed by atoms with Gasteiger partial charge >= 0.3 is 5.97 Å². The van der Waals surface area contributed by atoms with Gasteiger partial charge in [-0.1, -0.05) is 19.2 Å². The Balaban J connectivity index is 3.07. The zero-order valence-corrected chi connectivity index (χ0v) is 8.88. The zero-order valence-electron chi connectivity index (χ0n) is 8.88. The van der Waals surface area contributed by atoms with Crippen LogP contribution in [0.1, 0.15) is 12.8 Å². The molecule has 0 aromatic rings. The molecular formula is C12H15NO2. The summed E-state index contributed by atoms with van der Waals surface area (Å²) in [6.45, 7) is 7.38. The Bertz CT molecular complexity index is 375. The Hall–Kier alpha value is -1.77. The van der Waals surface area contributed by atoms with E-state index in [-0.39, 0.29) is 5.97 Å². The van der Waals surface area contributed by atoms with Crippen LogP contribution >= 0.6 is 0 Å². The molecular weight excluding hydrogens is 190 g/mol. The Morgan fingerprint density at radius 1 is 1.60 bits per heavy atom. The van der Waals surface area contributed by atoms with E-state index in [0.29, 0.717) is 24.1 Å². The summed E-state index contributed by atoms with van der Waals surface area (Å²) < 4.78 is 4.66. The van der Waals surface area contributed by atoms with E-state index in [2.05, 4.69) is 17.9 Å². The Labute approximate surface area is 89.6 Å². The van der Waals surface area contributed by atoms with Gasteiger partial charge in [0.15, 0.2) is 0 Å². The molecule has 0 spiro atoms. The number of carbonyl (C=O) groups excluding carboxylic acids is 1. The molecule has 3 heteroatoms. The molecule has 0 aromatic heterocycles. The lowest BCUT2D eigenvalue weighted by atomic mass is 9.91. The van der Waals surface area contributed by atoms with Gasteiger partial charge in [0.25, 0.3) is 0 Å². The second-order valence-electron chi connectivity index (χ2n) is 3.32. The number of allylic oxidation sites excluding steroid dienone is 4. The first-order chi connectivity index (χ1) is 7.10. The summed E-state index contributed by atoms with van der Waals surface area (Å²) in [5.41, 5.74) is 8.64. The third kappa shape index (κ3) is 2.37. The number of esters is 1. The largest absolute Gasteiger partial charge is 0.466 e. The van der Waals surface area contributed by atoms with Crippen molar-refractivity contribution >= 4 is 5.97 Å². The maximum absolute atomic E-state index is 11.3. The lowest BCUT2D eigenvalue weighted by molar-refractivity contribution is -0.136. The van der Waals surface area contributed by atoms with Gasteiger partial charge in [-0.3, -0.25) is 0 Å². The molecule has 1 aliphatic rings. The molecule has 2 N–H and O–H groups in total. The molecule has 3 nitrogen and oxygen atoms in total. The van der Waals surface area contributed by atoms with Crippen molar-refractivity contribution in [1.29, 1.82) is 0 Å². The maximum atomic E-state index is 11.3. The van der Waals surface area contributed by atoms with Gasteiger partial charge in [0.1, 0.15) is 0 Å². The van der Waals surface area contributed by atoms with Crippen molar-refractivity contribution in [2.75, 3.05) is 7.11 Å². The fourth-order valence-electron chi connectivity index (χ4n) is 1.57. The normalized spacial score (nSPS) is 15.7.